The van der Waals surface area contributed by atoms with Gasteiger partial charge in [0.15, 0.2) is 0 Å². The van der Waals surface area contributed by atoms with E-state index in [2.05, 4.69) is 64.5 Å². The van der Waals surface area contributed by atoms with E-state index in [1.807, 2.05) is 6.21 Å². The second-order valence-electron chi connectivity index (χ2n) is 4.54. The second kappa shape index (κ2) is 3.57. The van der Waals surface area contributed by atoms with Gasteiger partial charge in [-0.3, -0.25) is 4.99 Å². The van der Waals surface area contributed by atoms with Crippen molar-refractivity contribution in [3.63, 3.8) is 0 Å². The van der Waals surface area contributed by atoms with Gasteiger partial charge in [0.05, 0.1) is 17.1 Å². The van der Waals surface area contributed by atoms with E-state index in [4.69, 9.17) is 0 Å². The molecule has 2 heteroatoms. The van der Waals surface area contributed by atoms with Crippen molar-refractivity contribution in [2.45, 2.75) is 0 Å². The fourth-order valence-electron chi connectivity index (χ4n) is 2.66. The lowest BCUT2D eigenvalue weighted by Crippen LogP contribution is -2.20. The zero-order valence-electron chi connectivity index (χ0n) is 9.88. The monoisotopic (exact) mass is 232 g/mol. The van der Waals surface area contributed by atoms with Crippen molar-refractivity contribution in [3.8, 4) is 0 Å². The average Bonchev–Trinajstić information content (AvgIpc) is 2.60. The number of aliphatic imine (C=N–C) groups is 1. The lowest BCUT2D eigenvalue weighted by molar-refractivity contribution is 1.08. The van der Waals surface area contributed by atoms with Gasteiger partial charge in [0.25, 0.3) is 0 Å². The number of hydrogen-bond donors (Lipinski definition) is 0. The van der Waals surface area contributed by atoms with Crippen LogP contribution in [0.1, 0.15) is 11.1 Å². The van der Waals surface area contributed by atoms with Crippen LogP contribution in [-0.2, 0) is 0 Å². The highest BCUT2D eigenvalue weighted by Gasteiger charge is 2.21. The maximum absolute atomic E-state index is 4.62. The summed E-state index contributed by atoms with van der Waals surface area (Å²) in [6.07, 6.45) is 6.34. The van der Waals surface area contributed by atoms with Crippen LogP contribution in [0.15, 0.2) is 53.5 Å². The molecule has 0 aliphatic carbocycles. The summed E-state index contributed by atoms with van der Waals surface area (Å²) in [5, 5.41) is 0. The van der Waals surface area contributed by atoms with Gasteiger partial charge in [-0.1, -0.05) is 42.5 Å². The van der Waals surface area contributed by atoms with Crippen LogP contribution in [0.2, 0.25) is 0 Å². The first-order valence-corrected chi connectivity index (χ1v) is 6.14. The minimum atomic E-state index is 0.907. The van der Waals surface area contributed by atoms with Gasteiger partial charge in [-0.05, 0) is 12.1 Å². The van der Waals surface area contributed by atoms with Crippen molar-refractivity contribution in [2.24, 2.45) is 4.99 Å². The summed E-state index contributed by atoms with van der Waals surface area (Å²) in [6, 6.07) is 14.7. The summed E-state index contributed by atoms with van der Waals surface area (Å²) in [5.74, 6) is 0. The van der Waals surface area contributed by atoms with Gasteiger partial charge in [-0.2, -0.15) is 0 Å². The molecule has 2 aliphatic heterocycles. The number of nitrogens with zero attached hydrogens (tertiary/aromatic N) is 2. The first-order valence-electron chi connectivity index (χ1n) is 6.14. The van der Waals surface area contributed by atoms with Crippen molar-refractivity contribution < 1.29 is 0 Å². The van der Waals surface area contributed by atoms with E-state index in [-0.39, 0.29) is 0 Å². The van der Waals surface area contributed by atoms with Crippen LogP contribution in [-0.4, -0.2) is 12.8 Å². The van der Waals surface area contributed by atoms with E-state index in [0.717, 1.165) is 12.2 Å². The SMILES string of the molecule is C1=Cc2cccc3c2N(C1)c1ccccc1C=N3. The van der Waals surface area contributed by atoms with Crippen LogP contribution in [0, 0.1) is 0 Å². The van der Waals surface area contributed by atoms with Crippen LogP contribution >= 0.6 is 0 Å². The van der Waals surface area contributed by atoms with E-state index >= 15 is 0 Å². The number of benzene rings is 2. The van der Waals surface area contributed by atoms with Gasteiger partial charge < -0.3 is 4.90 Å². The third-order valence-electron chi connectivity index (χ3n) is 3.47. The summed E-state index contributed by atoms with van der Waals surface area (Å²) in [4.78, 5) is 6.96. The van der Waals surface area contributed by atoms with Crippen molar-refractivity contribution in [3.05, 3.63) is 59.7 Å². The van der Waals surface area contributed by atoms with Crippen molar-refractivity contribution in [1.29, 1.82) is 0 Å². The Bertz CT molecular complexity index is 683. The Morgan fingerprint density at radius 2 is 1.83 bits per heavy atom. The zero-order chi connectivity index (χ0) is 11.9. The Labute approximate surface area is 106 Å². The smallest absolute Gasteiger partial charge is 0.0873 e. The minimum Gasteiger partial charge on any atom is -0.335 e. The summed E-state index contributed by atoms with van der Waals surface area (Å²) in [6.45, 7) is 0.907. The predicted octanol–water partition coefficient (Wildman–Crippen LogP) is 3.92. The summed E-state index contributed by atoms with van der Waals surface area (Å²) in [7, 11) is 0. The Balaban J connectivity index is 2.06. The number of para-hydroxylation sites is 2. The number of rotatable bonds is 0. The molecule has 0 fully saturated rings. The molecule has 0 unspecified atom stereocenters. The molecule has 2 aromatic carbocycles. The standard InChI is InChI=1S/C16H12N2/c1-2-9-15-13(5-1)11-17-14-8-3-6-12-7-4-10-18(15)16(12)14/h1-9,11H,10H2. The molecule has 0 amide bonds. The minimum absolute atomic E-state index is 0.907. The molecule has 4 rings (SSSR count). The Morgan fingerprint density at radius 1 is 0.944 bits per heavy atom. The average molecular weight is 232 g/mol. The molecule has 0 radical (unpaired) electrons. The number of hydrogen-bond acceptors (Lipinski definition) is 2. The Hall–Kier alpha value is -2.35. The molecule has 86 valence electrons. The van der Waals surface area contributed by atoms with Gasteiger partial charge >= 0.3 is 0 Å². The molecule has 0 aromatic heterocycles. The lowest BCUT2D eigenvalue weighted by atomic mass is 10.0. The highest BCUT2D eigenvalue weighted by atomic mass is 15.2. The fraction of sp³-hybridized carbons (Fsp3) is 0.0625. The molecule has 2 heterocycles. The third kappa shape index (κ3) is 1.26. The van der Waals surface area contributed by atoms with Gasteiger partial charge in [0.1, 0.15) is 0 Å². The molecule has 2 aliphatic rings. The Morgan fingerprint density at radius 3 is 2.83 bits per heavy atom. The topological polar surface area (TPSA) is 15.6 Å². The Kier molecular flexibility index (Phi) is 1.92. The third-order valence-corrected chi connectivity index (χ3v) is 3.47. The normalized spacial score (nSPS) is 15.0. The maximum Gasteiger partial charge on any atom is 0.0873 e. The second-order valence-corrected chi connectivity index (χ2v) is 4.54. The van der Waals surface area contributed by atoms with Crippen LogP contribution in [0.5, 0.6) is 0 Å². The molecule has 0 N–H and O–H groups in total. The quantitative estimate of drug-likeness (QED) is 0.672. The first kappa shape index (κ1) is 9.66. The van der Waals surface area contributed by atoms with E-state index < -0.39 is 0 Å². The van der Waals surface area contributed by atoms with Gasteiger partial charge in [0.2, 0.25) is 0 Å². The van der Waals surface area contributed by atoms with Gasteiger partial charge in [-0.25, -0.2) is 0 Å². The molecule has 2 aromatic rings. The molecule has 0 saturated carbocycles. The van der Waals surface area contributed by atoms with Crippen molar-refractivity contribution >= 4 is 29.4 Å². The van der Waals surface area contributed by atoms with Crippen LogP contribution in [0.3, 0.4) is 0 Å². The molecule has 2 nitrogen and oxygen atoms in total. The van der Waals surface area contributed by atoms with Crippen LogP contribution in [0.4, 0.5) is 17.1 Å². The summed E-state index contributed by atoms with van der Waals surface area (Å²) in [5.41, 5.74) is 5.92. The summed E-state index contributed by atoms with van der Waals surface area (Å²) < 4.78 is 0. The molecule has 0 spiro atoms. The highest BCUT2D eigenvalue weighted by Crippen LogP contribution is 2.42. The molecular weight excluding hydrogens is 220 g/mol. The van der Waals surface area contributed by atoms with Crippen LogP contribution in [0.25, 0.3) is 6.08 Å². The van der Waals surface area contributed by atoms with Crippen molar-refractivity contribution in [1.82, 2.24) is 0 Å². The lowest BCUT2D eigenvalue weighted by Gasteiger charge is -2.29. The molecule has 0 saturated heterocycles. The fourth-order valence-corrected chi connectivity index (χ4v) is 2.66. The number of anilines is 2. The van der Waals surface area contributed by atoms with Crippen LogP contribution < -0.4 is 4.90 Å². The number of fused-ring (bicyclic) bond motifs is 2. The molecular formula is C16H12N2. The molecule has 18 heavy (non-hydrogen) atoms. The van der Waals surface area contributed by atoms with Gasteiger partial charge in [0, 0.05) is 23.9 Å². The van der Waals surface area contributed by atoms with E-state index in [0.29, 0.717) is 0 Å². The highest BCUT2D eigenvalue weighted by molar-refractivity contribution is 5.98. The maximum atomic E-state index is 4.62. The summed E-state index contributed by atoms with van der Waals surface area (Å²) >= 11 is 0. The van der Waals surface area contributed by atoms with E-state index in [9.17, 15) is 0 Å². The first-order chi connectivity index (χ1) is 8.93. The molecule has 0 atom stereocenters. The van der Waals surface area contributed by atoms with Crippen molar-refractivity contribution in [2.75, 3.05) is 11.4 Å². The van der Waals surface area contributed by atoms with E-state index in [1.165, 1.54) is 22.5 Å². The molecule has 0 bridgehead atoms. The predicted molar refractivity (Wildman–Crippen MR) is 76.2 cm³/mol. The largest absolute Gasteiger partial charge is 0.335 e. The van der Waals surface area contributed by atoms with Gasteiger partial charge in [-0.15, -0.1) is 0 Å². The van der Waals surface area contributed by atoms with E-state index in [1.54, 1.807) is 0 Å². The zero-order valence-corrected chi connectivity index (χ0v) is 9.88.